The van der Waals surface area contributed by atoms with Crippen LogP contribution in [0.5, 0.6) is 0 Å². The van der Waals surface area contributed by atoms with Crippen LogP contribution in [0.15, 0.2) is 41.3 Å². The lowest BCUT2D eigenvalue weighted by Gasteiger charge is -2.10. The van der Waals surface area contributed by atoms with E-state index >= 15 is 0 Å². The van der Waals surface area contributed by atoms with Crippen LogP contribution in [0.3, 0.4) is 0 Å². The van der Waals surface area contributed by atoms with Gasteiger partial charge in [0.15, 0.2) is 0 Å². The molecule has 2 rings (SSSR count). The highest BCUT2D eigenvalue weighted by molar-refractivity contribution is 7.98. The number of benzene rings is 1. The summed E-state index contributed by atoms with van der Waals surface area (Å²) in [4.78, 5) is 1.27. The fraction of sp³-hybridized carbons (Fsp3) is 0.286. The molecule has 0 saturated carbocycles. The summed E-state index contributed by atoms with van der Waals surface area (Å²) in [5.41, 5.74) is 3.55. The van der Waals surface area contributed by atoms with Crippen molar-refractivity contribution in [3.8, 4) is 11.3 Å². The second kappa shape index (κ2) is 5.43. The zero-order valence-corrected chi connectivity index (χ0v) is 11.0. The molecule has 0 aliphatic heterocycles. The first-order valence-electron chi connectivity index (χ1n) is 5.67. The molecular weight excluding hydrogens is 230 g/mol. The summed E-state index contributed by atoms with van der Waals surface area (Å²) >= 11 is 1.75. The zero-order valence-electron chi connectivity index (χ0n) is 10.2. The van der Waals surface area contributed by atoms with Crippen LogP contribution < -0.4 is 0 Å². The fourth-order valence-electron chi connectivity index (χ4n) is 1.98. The summed E-state index contributed by atoms with van der Waals surface area (Å²) in [6.45, 7) is 2.89. The minimum Gasteiger partial charge on any atom is -0.395 e. The van der Waals surface area contributed by atoms with E-state index in [1.807, 2.05) is 0 Å². The van der Waals surface area contributed by atoms with E-state index in [0.29, 0.717) is 6.54 Å². The molecule has 0 saturated heterocycles. The number of aliphatic hydroxyl groups excluding tert-OH is 1. The van der Waals surface area contributed by atoms with Crippen molar-refractivity contribution in [2.45, 2.75) is 18.4 Å². The molecule has 17 heavy (non-hydrogen) atoms. The van der Waals surface area contributed by atoms with Crippen LogP contribution in [-0.2, 0) is 6.54 Å². The average molecular weight is 247 g/mol. The quantitative estimate of drug-likeness (QED) is 0.839. The number of thioether (sulfide) groups is 1. The molecule has 0 spiro atoms. The normalized spacial score (nSPS) is 10.8. The lowest BCUT2D eigenvalue weighted by atomic mass is 10.1. The summed E-state index contributed by atoms with van der Waals surface area (Å²) in [5.74, 6) is 0. The van der Waals surface area contributed by atoms with Gasteiger partial charge in [0.1, 0.15) is 0 Å². The number of hydrogen-bond acceptors (Lipinski definition) is 2. The van der Waals surface area contributed by atoms with Crippen molar-refractivity contribution < 1.29 is 5.11 Å². The van der Waals surface area contributed by atoms with Gasteiger partial charge in [0.25, 0.3) is 0 Å². The van der Waals surface area contributed by atoms with Gasteiger partial charge in [-0.1, -0.05) is 12.1 Å². The Labute approximate surface area is 106 Å². The lowest BCUT2D eigenvalue weighted by molar-refractivity contribution is 0.276. The summed E-state index contributed by atoms with van der Waals surface area (Å²) in [5, 5.41) is 9.09. The predicted octanol–water partition coefficient (Wildman–Crippen LogP) is 3.18. The maximum absolute atomic E-state index is 9.09. The Morgan fingerprint density at radius 3 is 2.41 bits per heavy atom. The van der Waals surface area contributed by atoms with E-state index in [0.717, 1.165) is 0 Å². The van der Waals surface area contributed by atoms with Crippen LogP contribution in [0.2, 0.25) is 0 Å². The minimum absolute atomic E-state index is 0.172. The number of nitrogens with zero attached hydrogens (tertiary/aromatic N) is 1. The molecule has 0 aliphatic rings. The molecule has 2 aromatic rings. The Morgan fingerprint density at radius 1 is 1.12 bits per heavy atom. The van der Waals surface area contributed by atoms with Crippen molar-refractivity contribution in [3.63, 3.8) is 0 Å². The maximum atomic E-state index is 9.09. The van der Waals surface area contributed by atoms with Crippen molar-refractivity contribution in [1.29, 1.82) is 0 Å². The van der Waals surface area contributed by atoms with Crippen molar-refractivity contribution >= 4 is 11.8 Å². The molecule has 90 valence electrons. The second-order valence-corrected chi connectivity index (χ2v) is 4.84. The Hall–Kier alpha value is -1.19. The first-order chi connectivity index (χ1) is 8.26. The first kappa shape index (κ1) is 12.3. The molecule has 0 fully saturated rings. The van der Waals surface area contributed by atoms with Crippen LogP contribution in [0.1, 0.15) is 5.69 Å². The molecular formula is C14H17NOS. The molecule has 0 atom stereocenters. The molecule has 0 amide bonds. The summed E-state index contributed by atoms with van der Waals surface area (Å²) in [6.07, 6.45) is 2.08. The molecule has 1 heterocycles. The highest BCUT2D eigenvalue weighted by atomic mass is 32.2. The van der Waals surface area contributed by atoms with E-state index in [4.69, 9.17) is 5.11 Å². The zero-order chi connectivity index (χ0) is 12.3. The van der Waals surface area contributed by atoms with Crippen LogP contribution in [0.4, 0.5) is 0 Å². The summed E-state index contributed by atoms with van der Waals surface area (Å²) < 4.78 is 2.15. The standard InChI is InChI=1S/C14H17NOS/c1-11-3-8-14(15(11)9-10-16)12-4-6-13(17-2)7-5-12/h3-8,16H,9-10H2,1-2H3. The molecule has 0 radical (unpaired) electrons. The van der Waals surface area contributed by atoms with Crippen molar-refractivity contribution in [2.75, 3.05) is 12.9 Å². The fourth-order valence-corrected chi connectivity index (χ4v) is 2.39. The van der Waals surface area contributed by atoms with Gasteiger partial charge < -0.3 is 9.67 Å². The Bertz CT molecular complexity index is 487. The van der Waals surface area contributed by atoms with Gasteiger partial charge in [-0.3, -0.25) is 0 Å². The molecule has 3 heteroatoms. The number of hydrogen-bond donors (Lipinski definition) is 1. The van der Waals surface area contributed by atoms with Gasteiger partial charge in [0.2, 0.25) is 0 Å². The van der Waals surface area contributed by atoms with Crippen LogP contribution in [-0.4, -0.2) is 22.5 Å². The molecule has 0 bridgehead atoms. The summed E-state index contributed by atoms with van der Waals surface area (Å²) in [7, 11) is 0. The second-order valence-electron chi connectivity index (χ2n) is 3.96. The number of rotatable bonds is 4. The highest BCUT2D eigenvalue weighted by Gasteiger charge is 2.06. The lowest BCUT2D eigenvalue weighted by Crippen LogP contribution is -2.05. The molecule has 1 aromatic carbocycles. The van der Waals surface area contributed by atoms with Crippen LogP contribution in [0, 0.1) is 6.92 Å². The first-order valence-corrected chi connectivity index (χ1v) is 6.90. The monoisotopic (exact) mass is 247 g/mol. The predicted molar refractivity (Wildman–Crippen MR) is 73.5 cm³/mol. The molecule has 0 unspecified atom stereocenters. The van der Waals surface area contributed by atoms with Gasteiger partial charge in [-0.15, -0.1) is 11.8 Å². The van der Waals surface area contributed by atoms with E-state index in [1.54, 1.807) is 11.8 Å². The van der Waals surface area contributed by atoms with Gasteiger partial charge in [0.05, 0.1) is 6.61 Å². The van der Waals surface area contributed by atoms with E-state index < -0.39 is 0 Å². The number of aryl methyl sites for hydroxylation is 1. The van der Waals surface area contributed by atoms with E-state index in [2.05, 4.69) is 54.1 Å². The molecule has 0 aliphatic carbocycles. The topological polar surface area (TPSA) is 25.2 Å². The van der Waals surface area contributed by atoms with Gasteiger partial charge in [-0.05, 0) is 43.0 Å². The smallest absolute Gasteiger partial charge is 0.0610 e. The van der Waals surface area contributed by atoms with Gasteiger partial charge >= 0.3 is 0 Å². The Balaban J connectivity index is 2.38. The molecule has 1 aromatic heterocycles. The molecule has 1 N–H and O–H groups in total. The van der Waals surface area contributed by atoms with Gasteiger partial charge in [-0.2, -0.15) is 0 Å². The average Bonchev–Trinajstić information content (AvgIpc) is 2.72. The van der Waals surface area contributed by atoms with Crippen molar-refractivity contribution in [1.82, 2.24) is 4.57 Å². The summed E-state index contributed by atoms with van der Waals surface area (Å²) in [6, 6.07) is 12.7. The Kier molecular flexibility index (Phi) is 3.92. The third kappa shape index (κ3) is 2.56. The van der Waals surface area contributed by atoms with Gasteiger partial charge in [0, 0.05) is 22.8 Å². The third-order valence-corrected chi connectivity index (χ3v) is 3.65. The van der Waals surface area contributed by atoms with E-state index in [1.165, 1.54) is 21.8 Å². The van der Waals surface area contributed by atoms with Crippen LogP contribution in [0.25, 0.3) is 11.3 Å². The maximum Gasteiger partial charge on any atom is 0.0610 e. The SMILES string of the molecule is CSc1ccc(-c2ccc(C)n2CCO)cc1. The molecule has 2 nitrogen and oxygen atoms in total. The van der Waals surface area contributed by atoms with Gasteiger partial charge in [-0.25, -0.2) is 0 Å². The largest absolute Gasteiger partial charge is 0.395 e. The van der Waals surface area contributed by atoms with Crippen molar-refractivity contribution in [2.24, 2.45) is 0 Å². The number of aliphatic hydroxyl groups is 1. The number of aromatic nitrogens is 1. The Morgan fingerprint density at radius 2 is 1.82 bits per heavy atom. The highest BCUT2D eigenvalue weighted by Crippen LogP contribution is 2.25. The van der Waals surface area contributed by atoms with E-state index in [-0.39, 0.29) is 6.61 Å². The van der Waals surface area contributed by atoms with Crippen molar-refractivity contribution in [3.05, 3.63) is 42.1 Å². The minimum atomic E-state index is 0.172. The van der Waals surface area contributed by atoms with Crippen LogP contribution >= 0.6 is 11.8 Å². The third-order valence-electron chi connectivity index (χ3n) is 2.91. The van der Waals surface area contributed by atoms with E-state index in [9.17, 15) is 0 Å².